The van der Waals surface area contributed by atoms with Gasteiger partial charge in [-0.25, -0.2) is 0 Å². The van der Waals surface area contributed by atoms with Crippen molar-refractivity contribution in [3.05, 3.63) is 24.3 Å². The molecule has 1 aromatic rings. The van der Waals surface area contributed by atoms with Gasteiger partial charge >= 0.3 is 6.36 Å². The Labute approximate surface area is 111 Å². The number of hydrogen-bond donors (Lipinski definition) is 1. The van der Waals surface area contributed by atoms with Crippen molar-refractivity contribution in [2.45, 2.75) is 39.1 Å². The summed E-state index contributed by atoms with van der Waals surface area (Å²) in [6.45, 7) is 4.34. The van der Waals surface area contributed by atoms with E-state index in [1.54, 1.807) is 12.1 Å². The van der Waals surface area contributed by atoms with E-state index in [4.69, 9.17) is 0 Å². The molecule has 2 nitrogen and oxygen atoms in total. The van der Waals surface area contributed by atoms with Crippen LogP contribution in [0.15, 0.2) is 24.3 Å². The largest absolute Gasteiger partial charge is 0.573 e. The summed E-state index contributed by atoms with van der Waals surface area (Å²) in [5.74, 6) is 1.12. The Kier molecular flexibility index (Phi) is 3.92. The van der Waals surface area contributed by atoms with Crippen molar-refractivity contribution in [1.82, 2.24) is 0 Å². The first-order valence-corrected chi connectivity index (χ1v) is 6.46. The van der Waals surface area contributed by atoms with Crippen molar-refractivity contribution >= 4 is 5.69 Å². The van der Waals surface area contributed by atoms with Crippen LogP contribution in [-0.2, 0) is 0 Å². The zero-order valence-electron chi connectivity index (χ0n) is 11.0. The molecule has 0 bridgehead atoms. The van der Waals surface area contributed by atoms with E-state index in [2.05, 4.69) is 23.9 Å². The minimum Gasteiger partial charge on any atom is -0.404 e. The van der Waals surface area contributed by atoms with Crippen molar-refractivity contribution in [2.75, 3.05) is 5.32 Å². The van der Waals surface area contributed by atoms with Crippen molar-refractivity contribution in [3.63, 3.8) is 0 Å². The van der Waals surface area contributed by atoms with Gasteiger partial charge in [-0.2, -0.15) is 0 Å². The van der Waals surface area contributed by atoms with Crippen LogP contribution in [-0.4, -0.2) is 12.4 Å². The summed E-state index contributed by atoms with van der Waals surface area (Å²) in [6, 6.07) is 6.41. The van der Waals surface area contributed by atoms with Gasteiger partial charge in [-0.05, 0) is 36.8 Å². The average Bonchev–Trinajstić information content (AvgIpc) is 2.22. The summed E-state index contributed by atoms with van der Waals surface area (Å²) in [7, 11) is 0. The van der Waals surface area contributed by atoms with E-state index < -0.39 is 6.36 Å². The van der Waals surface area contributed by atoms with E-state index in [9.17, 15) is 13.2 Å². The maximum absolute atomic E-state index is 12.3. The number of benzene rings is 1. The van der Waals surface area contributed by atoms with Crippen LogP contribution >= 0.6 is 0 Å². The third-order valence-electron chi connectivity index (χ3n) is 3.59. The Morgan fingerprint density at radius 3 is 2.42 bits per heavy atom. The molecular formula is C14H18F3NO. The number of para-hydroxylation sites is 2. The Balaban J connectivity index is 1.98. The molecule has 0 aromatic heterocycles. The summed E-state index contributed by atoms with van der Waals surface area (Å²) in [4.78, 5) is 0. The lowest BCUT2D eigenvalue weighted by molar-refractivity contribution is -0.274. The second-order valence-corrected chi connectivity index (χ2v) is 5.36. The summed E-state index contributed by atoms with van der Waals surface area (Å²) < 4.78 is 40.8. The van der Waals surface area contributed by atoms with E-state index in [0.29, 0.717) is 17.5 Å². The fourth-order valence-electron chi connectivity index (χ4n) is 2.34. The number of nitrogens with one attached hydrogen (secondary N) is 1. The third-order valence-corrected chi connectivity index (χ3v) is 3.59. The SMILES string of the molecule is CC(C)C1CC(Nc2ccccc2OC(F)(F)F)C1. The molecule has 5 heteroatoms. The molecular weight excluding hydrogens is 255 g/mol. The van der Waals surface area contributed by atoms with Gasteiger partial charge in [0.25, 0.3) is 0 Å². The molecule has 0 saturated heterocycles. The van der Waals surface area contributed by atoms with Gasteiger partial charge < -0.3 is 10.1 Å². The second kappa shape index (κ2) is 5.31. The Morgan fingerprint density at radius 2 is 1.84 bits per heavy atom. The minimum atomic E-state index is -4.65. The van der Waals surface area contributed by atoms with E-state index in [1.807, 2.05) is 0 Å². The topological polar surface area (TPSA) is 21.3 Å². The lowest BCUT2D eigenvalue weighted by Gasteiger charge is -2.39. The zero-order chi connectivity index (χ0) is 14.0. The van der Waals surface area contributed by atoms with Crippen LogP contribution in [0, 0.1) is 11.8 Å². The highest BCUT2D eigenvalue weighted by Crippen LogP contribution is 2.38. The van der Waals surface area contributed by atoms with Crippen molar-refractivity contribution in [1.29, 1.82) is 0 Å². The van der Waals surface area contributed by atoms with Gasteiger partial charge in [0.2, 0.25) is 0 Å². The normalized spacial score (nSPS) is 23.1. The number of halogens is 3. The Morgan fingerprint density at radius 1 is 1.21 bits per heavy atom. The Hall–Kier alpha value is -1.39. The molecule has 106 valence electrons. The van der Waals surface area contributed by atoms with E-state index in [0.717, 1.165) is 12.8 Å². The minimum absolute atomic E-state index is 0.164. The smallest absolute Gasteiger partial charge is 0.404 e. The van der Waals surface area contributed by atoms with E-state index >= 15 is 0 Å². The molecule has 0 heterocycles. The van der Waals surface area contributed by atoms with Gasteiger partial charge in [-0.15, -0.1) is 13.2 Å². The number of anilines is 1. The molecule has 1 aromatic carbocycles. The molecule has 0 amide bonds. The van der Waals surface area contributed by atoms with Gasteiger partial charge in [0.15, 0.2) is 5.75 Å². The standard InChI is InChI=1S/C14H18F3NO/c1-9(2)10-7-11(8-10)18-12-5-3-4-6-13(12)19-14(15,16)17/h3-6,9-11,18H,7-8H2,1-2H3. The highest BCUT2D eigenvalue weighted by atomic mass is 19.4. The second-order valence-electron chi connectivity index (χ2n) is 5.36. The highest BCUT2D eigenvalue weighted by molar-refractivity contribution is 5.57. The molecule has 0 radical (unpaired) electrons. The molecule has 1 aliphatic carbocycles. The average molecular weight is 273 g/mol. The maximum atomic E-state index is 12.3. The van der Waals surface area contributed by atoms with Crippen molar-refractivity contribution < 1.29 is 17.9 Å². The molecule has 0 unspecified atom stereocenters. The molecule has 1 saturated carbocycles. The summed E-state index contributed by atoms with van der Waals surface area (Å²) in [5, 5.41) is 3.13. The van der Waals surface area contributed by atoms with Crippen LogP contribution < -0.4 is 10.1 Å². The Bertz CT molecular complexity index is 425. The van der Waals surface area contributed by atoms with Crippen molar-refractivity contribution in [2.24, 2.45) is 11.8 Å². The number of rotatable bonds is 4. The molecule has 2 rings (SSSR count). The molecule has 1 fully saturated rings. The van der Waals surface area contributed by atoms with E-state index in [1.165, 1.54) is 12.1 Å². The highest BCUT2D eigenvalue weighted by Gasteiger charge is 2.34. The van der Waals surface area contributed by atoms with Gasteiger partial charge in [-0.3, -0.25) is 0 Å². The fourth-order valence-corrected chi connectivity index (χ4v) is 2.34. The molecule has 1 N–H and O–H groups in total. The first-order chi connectivity index (χ1) is 8.85. The van der Waals surface area contributed by atoms with Crippen LogP contribution in [0.5, 0.6) is 5.75 Å². The van der Waals surface area contributed by atoms with Gasteiger partial charge in [0, 0.05) is 6.04 Å². The molecule has 19 heavy (non-hydrogen) atoms. The van der Waals surface area contributed by atoms with Crippen LogP contribution in [0.25, 0.3) is 0 Å². The first-order valence-electron chi connectivity index (χ1n) is 6.46. The van der Waals surface area contributed by atoms with Gasteiger partial charge in [0.05, 0.1) is 5.69 Å². The van der Waals surface area contributed by atoms with Crippen LogP contribution in [0.3, 0.4) is 0 Å². The molecule has 1 aliphatic rings. The predicted octanol–water partition coefficient (Wildman–Crippen LogP) is 4.43. The molecule has 0 aliphatic heterocycles. The quantitative estimate of drug-likeness (QED) is 0.876. The monoisotopic (exact) mass is 273 g/mol. The zero-order valence-corrected chi connectivity index (χ0v) is 11.0. The summed E-state index contributed by atoms with van der Waals surface area (Å²) in [6.07, 6.45) is -2.66. The maximum Gasteiger partial charge on any atom is 0.573 e. The summed E-state index contributed by atoms with van der Waals surface area (Å²) >= 11 is 0. The summed E-state index contributed by atoms with van der Waals surface area (Å²) in [5.41, 5.74) is 0.409. The fraction of sp³-hybridized carbons (Fsp3) is 0.571. The van der Waals surface area contributed by atoms with Gasteiger partial charge in [-0.1, -0.05) is 26.0 Å². The van der Waals surface area contributed by atoms with Crippen LogP contribution in [0.1, 0.15) is 26.7 Å². The molecule has 0 spiro atoms. The number of hydrogen-bond acceptors (Lipinski definition) is 2. The molecule has 0 atom stereocenters. The van der Waals surface area contributed by atoms with Gasteiger partial charge in [0.1, 0.15) is 0 Å². The third kappa shape index (κ3) is 3.78. The predicted molar refractivity (Wildman–Crippen MR) is 68.1 cm³/mol. The van der Waals surface area contributed by atoms with Crippen LogP contribution in [0.2, 0.25) is 0 Å². The number of ether oxygens (including phenoxy) is 1. The van der Waals surface area contributed by atoms with E-state index in [-0.39, 0.29) is 11.8 Å². The lowest BCUT2D eigenvalue weighted by atomic mass is 9.73. The number of alkyl halides is 3. The first kappa shape index (κ1) is 14.0. The lowest BCUT2D eigenvalue weighted by Crippen LogP contribution is -2.38. The van der Waals surface area contributed by atoms with Crippen molar-refractivity contribution in [3.8, 4) is 5.75 Å². The van der Waals surface area contributed by atoms with Crippen LogP contribution in [0.4, 0.5) is 18.9 Å².